The number of nitrogens with zero attached hydrogens (tertiary/aromatic N) is 1. The van der Waals surface area contributed by atoms with Gasteiger partial charge in [-0.15, -0.1) is 6.58 Å². The number of ether oxygens (including phenoxy) is 1. The molecule has 2 N–H and O–H groups in total. The van der Waals surface area contributed by atoms with Crippen LogP contribution in [0.3, 0.4) is 0 Å². The topological polar surface area (TPSA) is 55.6 Å². The molecule has 0 aromatic heterocycles. The summed E-state index contributed by atoms with van der Waals surface area (Å²) in [6, 6.07) is -0.281. The third-order valence-electron chi connectivity index (χ3n) is 2.41. The van der Waals surface area contributed by atoms with Gasteiger partial charge in [0.25, 0.3) is 0 Å². The Balaban J connectivity index is 4.20. The van der Waals surface area contributed by atoms with Crippen LogP contribution in [-0.4, -0.2) is 43.2 Å². The molecule has 4 nitrogen and oxygen atoms in total. The number of nitrogens with two attached hydrogens (primary N) is 1. The van der Waals surface area contributed by atoms with Crippen LogP contribution in [-0.2, 0) is 9.53 Å². The van der Waals surface area contributed by atoms with Crippen LogP contribution < -0.4 is 5.73 Å². The first-order chi connectivity index (χ1) is 7.54. The van der Waals surface area contributed by atoms with E-state index in [1.807, 2.05) is 13.8 Å². The lowest BCUT2D eigenvalue weighted by Crippen LogP contribution is -2.47. The van der Waals surface area contributed by atoms with Crippen LogP contribution in [0.2, 0.25) is 0 Å². The molecule has 0 aromatic rings. The summed E-state index contributed by atoms with van der Waals surface area (Å²) in [5, 5.41) is 0. The van der Waals surface area contributed by atoms with E-state index < -0.39 is 6.04 Å². The summed E-state index contributed by atoms with van der Waals surface area (Å²) in [6.07, 6.45) is 3.19. The van der Waals surface area contributed by atoms with Crippen LogP contribution in [0.4, 0.5) is 0 Å². The molecule has 0 aromatic carbocycles. The van der Waals surface area contributed by atoms with Gasteiger partial charge in [0.15, 0.2) is 0 Å². The van der Waals surface area contributed by atoms with Crippen LogP contribution in [0.1, 0.15) is 26.7 Å². The van der Waals surface area contributed by atoms with Crippen molar-refractivity contribution in [2.75, 3.05) is 20.3 Å². The molecule has 0 radical (unpaired) electrons. The smallest absolute Gasteiger partial charge is 0.239 e. The van der Waals surface area contributed by atoms with Gasteiger partial charge in [-0.1, -0.05) is 6.08 Å². The molecule has 1 amide bonds. The quantitative estimate of drug-likeness (QED) is 0.501. The molecule has 0 fully saturated rings. The van der Waals surface area contributed by atoms with Crippen molar-refractivity contribution in [3.63, 3.8) is 0 Å². The molecule has 94 valence electrons. The molecule has 1 unspecified atom stereocenters. The zero-order chi connectivity index (χ0) is 12.6. The Kier molecular flexibility index (Phi) is 7.85. The summed E-state index contributed by atoms with van der Waals surface area (Å²) < 4.78 is 4.93. The second kappa shape index (κ2) is 8.30. The molecule has 0 saturated heterocycles. The van der Waals surface area contributed by atoms with Crippen LogP contribution in [0, 0.1) is 0 Å². The Morgan fingerprint density at radius 2 is 2.19 bits per heavy atom. The predicted molar refractivity (Wildman–Crippen MR) is 66.1 cm³/mol. The van der Waals surface area contributed by atoms with Gasteiger partial charge in [0, 0.05) is 26.3 Å². The van der Waals surface area contributed by atoms with Crippen molar-refractivity contribution >= 4 is 5.91 Å². The van der Waals surface area contributed by atoms with Gasteiger partial charge >= 0.3 is 0 Å². The van der Waals surface area contributed by atoms with E-state index in [0.29, 0.717) is 19.6 Å². The normalized spacial score (nSPS) is 12.6. The number of hydrogen-bond donors (Lipinski definition) is 1. The highest BCUT2D eigenvalue weighted by molar-refractivity contribution is 5.82. The molecule has 1 atom stereocenters. The molecular formula is C12H24N2O2. The number of carbonyl (C=O) groups excluding carboxylic acids is 1. The fourth-order valence-electron chi connectivity index (χ4n) is 1.48. The molecule has 0 aliphatic heterocycles. The Morgan fingerprint density at radius 1 is 1.56 bits per heavy atom. The lowest BCUT2D eigenvalue weighted by Gasteiger charge is -2.28. The molecule has 0 spiro atoms. The zero-order valence-electron chi connectivity index (χ0n) is 10.6. The number of methoxy groups -OCH3 is 1. The van der Waals surface area contributed by atoms with Crippen LogP contribution in [0.15, 0.2) is 12.7 Å². The van der Waals surface area contributed by atoms with Gasteiger partial charge in [-0.05, 0) is 26.7 Å². The van der Waals surface area contributed by atoms with Crippen molar-refractivity contribution in [1.29, 1.82) is 0 Å². The molecule has 0 aliphatic rings. The van der Waals surface area contributed by atoms with Gasteiger partial charge in [0.05, 0.1) is 6.04 Å². The van der Waals surface area contributed by atoms with Gasteiger partial charge < -0.3 is 15.4 Å². The van der Waals surface area contributed by atoms with E-state index in [-0.39, 0.29) is 11.9 Å². The van der Waals surface area contributed by atoms with Gasteiger partial charge in [0.1, 0.15) is 0 Å². The minimum Gasteiger partial charge on any atom is -0.385 e. The van der Waals surface area contributed by atoms with Gasteiger partial charge in [0.2, 0.25) is 5.91 Å². The van der Waals surface area contributed by atoms with E-state index in [1.54, 1.807) is 18.1 Å². The summed E-state index contributed by atoms with van der Waals surface area (Å²) in [5.74, 6) is -0.00833. The molecule has 0 aliphatic carbocycles. The lowest BCUT2D eigenvalue weighted by atomic mass is 10.1. The lowest BCUT2D eigenvalue weighted by molar-refractivity contribution is -0.133. The molecule has 0 saturated carbocycles. The zero-order valence-corrected chi connectivity index (χ0v) is 10.6. The number of carbonyl (C=O) groups is 1. The molecule has 0 bridgehead atoms. The molecule has 16 heavy (non-hydrogen) atoms. The second-order valence-electron chi connectivity index (χ2n) is 4.11. The van der Waals surface area contributed by atoms with Crippen LogP contribution in [0.25, 0.3) is 0 Å². The van der Waals surface area contributed by atoms with Gasteiger partial charge in [-0.25, -0.2) is 0 Å². The number of rotatable bonds is 8. The minimum absolute atomic E-state index is 0.00833. The summed E-state index contributed by atoms with van der Waals surface area (Å²) in [6.45, 7) is 8.79. The van der Waals surface area contributed by atoms with E-state index in [9.17, 15) is 4.79 Å². The summed E-state index contributed by atoms with van der Waals surface area (Å²) in [4.78, 5) is 13.7. The number of hydrogen-bond acceptors (Lipinski definition) is 3. The Morgan fingerprint density at radius 3 is 2.62 bits per heavy atom. The Bertz CT molecular complexity index is 217. The summed E-state index contributed by atoms with van der Waals surface area (Å²) in [7, 11) is 1.64. The monoisotopic (exact) mass is 228 g/mol. The highest BCUT2D eigenvalue weighted by Crippen LogP contribution is 2.05. The maximum atomic E-state index is 12.0. The highest BCUT2D eigenvalue weighted by atomic mass is 16.5. The third-order valence-corrected chi connectivity index (χ3v) is 2.41. The van der Waals surface area contributed by atoms with Crippen LogP contribution >= 0.6 is 0 Å². The molecule has 0 heterocycles. The van der Waals surface area contributed by atoms with Crippen molar-refractivity contribution in [2.45, 2.75) is 38.8 Å². The minimum atomic E-state index is -0.433. The van der Waals surface area contributed by atoms with Crippen molar-refractivity contribution in [3.05, 3.63) is 12.7 Å². The SMILES string of the molecule is C=CCN(C(=O)C(N)CCCOC)C(C)C. The maximum Gasteiger partial charge on any atom is 0.239 e. The fraction of sp³-hybridized carbons (Fsp3) is 0.750. The first-order valence-electron chi connectivity index (χ1n) is 5.70. The maximum absolute atomic E-state index is 12.0. The third kappa shape index (κ3) is 5.28. The van der Waals surface area contributed by atoms with Crippen molar-refractivity contribution in [1.82, 2.24) is 4.90 Å². The first-order valence-corrected chi connectivity index (χ1v) is 5.70. The van der Waals surface area contributed by atoms with E-state index in [4.69, 9.17) is 10.5 Å². The summed E-state index contributed by atoms with van der Waals surface area (Å²) in [5.41, 5.74) is 5.85. The predicted octanol–water partition coefficient (Wildman–Crippen LogP) is 1.16. The van der Waals surface area contributed by atoms with Crippen molar-refractivity contribution < 1.29 is 9.53 Å². The van der Waals surface area contributed by atoms with E-state index in [1.165, 1.54) is 0 Å². The van der Waals surface area contributed by atoms with Gasteiger partial charge in [-0.2, -0.15) is 0 Å². The van der Waals surface area contributed by atoms with Crippen LogP contribution in [0.5, 0.6) is 0 Å². The first kappa shape index (κ1) is 15.1. The van der Waals surface area contributed by atoms with E-state index >= 15 is 0 Å². The average molecular weight is 228 g/mol. The van der Waals surface area contributed by atoms with E-state index in [0.717, 1.165) is 6.42 Å². The largest absolute Gasteiger partial charge is 0.385 e. The van der Waals surface area contributed by atoms with Crippen molar-refractivity contribution in [3.8, 4) is 0 Å². The highest BCUT2D eigenvalue weighted by Gasteiger charge is 2.21. The Labute approximate surface area is 98.4 Å². The van der Waals surface area contributed by atoms with Gasteiger partial charge in [-0.3, -0.25) is 4.79 Å². The molecule has 0 rings (SSSR count). The number of amides is 1. The summed E-state index contributed by atoms with van der Waals surface area (Å²) >= 11 is 0. The average Bonchev–Trinajstić information content (AvgIpc) is 2.24. The standard InChI is InChI=1S/C12H24N2O2/c1-5-8-14(10(2)3)12(15)11(13)7-6-9-16-4/h5,10-11H,1,6-9,13H2,2-4H3. The molecular weight excluding hydrogens is 204 g/mol. The molecule has 4 heteroatoms. The fourth-order valence-corrected chi connectivity index (χ4v) is 1.48. The second-order valence-corrected chi connectivity index (χ2v) is 4.11. The Hall–Kier alpha value is -0.870. The van der Waals surface area contributed by atoms with Crippen molar-refractivity contribution in [2.24, 2.45) is 5.73 Å². The van der Waals surface area contributed by atoms with E-state index in [2.05, 4.69) is 6.58 Å².